The molecule has 47 heavy (non-hydrogen) atoms. The summed E-state index contributed by atoms with van der Waals surface area (Å²) in [6, 6.07) is 30.8. The molecule has 2 aliphatic heterocycles. The number of thiazole rings is 1. The number of nitrogens with zero attached hydrogens (tertiary/aromatic N) is 3. The van der Waals surface area contributed by atoms with Crippen molar-refractivity contribution in [2.24, 2.45) is 4.99 Å². The monoisotopic (exact) mass is 641 g/mol. The van der Waals surface area contributed by atoms with E-state index in [0.29, 0.717) is 49.0 Å². The Morgan fingerprint density at radius 2 is 1.79 bits per heavy atom. The highest BCUT2D eigenvalue weighted by atomic mass is 32.1. The first-order valence-corrected chi connectivity index (χ1v) is 15.7. The average molecular weight is 642 g/mol. The number of benzene rings is 4. The summed E-state index contributed by atoms with van der Waals surface area (Å²) >= 11 is 1.22. The van der Waals surface area contributed by atoms with E-state index in [1.54, 1.807) is 35.8 Å². The number of esters is 1. The average Bonchev–Trinajstić information content (AvgIpc) is 3.71. The van der Waals surface area contributed by atoms with E-state index in [2.05, 4.69) is 6.07 Å². The van der Waals surface area contributed by atoms with Gasteiger partial charge in [-0.15, -0.1) is 0 Å². The molecule has 0 amide bonds. The van der Waals surface area contributed by atoms with E-state index in [1.165, 1.54) is 11.3 Å². The lowest BCUT2D eigenvalue weighted by Gasteiger charge is -2.26. The first-order chi connectivity index (χ1) is 23.1. The third-order valence-electron chi connectivity index (χ3n) is 7.81. The predicted molar refractivity (Wildman–Crippen MR) is 176 cm³/mol. The Kier molecular flexibility index (Phi) is 8.13. The molecular formula is C37H27N3O6S. The van der Waals surface area contributed by atoms with Gasteiger partial charge in [0.2, 0.25) is 6.79 Å². The van der Waals surface area contributed by atoms with Crippen LogP contribution in [-0.2, 0) is 16.1 Å². The maximum Gasteiger partial charge on any atom is 0.338 e. The minimum absolute atomic E-state index is 0.0843. The molecule has 0 unspecified atom stereocenters. The highest BCUT2D eigenvalue weighted by Gasteiger charge is 2.36. The van der Waals surface area contributed by atoms with Crippen molar-refractivity contribution >= 4 is 29.1 Å². The molecule has 4 aromatic carbocycles. The number of hydrogen-bond donors (Lipinski definition) is 0. The molecule has 3 heterocycles. The normalized spacial score (nSPS) is 15.1. The summed E-state index contributed by atoms with van der Waals surface area (Å²) in [4.78, 5) is 33.4. The largest absolute Gasteiger partial charge is 0.488 e. The standard InChI is InChI=1S/C37H27N3O6S/c1-2-43-36(42)32-33(23-10-4-3-5-11-23)39-37-40(34(32)25-16-17-29-30(18-25)46-22-45-29)35(41)31(47-37)19-24-12-8-9-15-28(24)44-21-27-14-7-6-13-26(27)20-38/h3-19,34H,2,21-22H2,1H3/b31-19-/t34-/m0/s1. The van der Waals surface area contributed by atoms with E-state index in [-0.39, 0.29) is 31.1 Å². The van der Waals surface area contributed by atoms with E-state index in [9.17, 15) is 14.9 Å². The molecule has 0 N–H and O–H groups in total. The number of carbonyl (C=O) groups excluding carboxylic acids is 1. The number of rotatable bonds is 8. The quantitative estimate of drug-likeness (QED) is 0.216. The summed E-state index contributed by atoms with van der Waals surface area (Å²) in [6.07, 6.45) is 1.77. The molecule has 0 saturated carbocycles. The lowest BCUT2D eigenvalue weighted by atomic mass is 9.93. The van der Waals surface area contributed by atoms with Gasteiger partial charge in [-0.2, -0.15) is 5.26 Å². The Morgan fingerprint density at radius 3 is 2.62 bits per heavy atom. The van der Waals surface area contributed by atoms with Crippen LogP contribution in [0.15, 0.2) is 112 Å². The molecule has 0 saturated heterocycles. The van der Waals surface area contributed by atoms with Gasteiger partial charge in [-0.05, 0) is 42.8 Å². The third kappa shape index (κ3) is 5.69. The number of para-hydroxylation sites is 1. The van der Waals surface area contributed by atoms with Gasteiger partial charge < -0.3 is 18.9 Å². The van der Waals surface area contributed by atoms with Gasteiger partial charge in [-0.25, -0.2) is 9.79 Å². The zero-order chi connectivity index (χ0) is 32.3. The van der Waals surface area contributed by atoms with Crippen molar-refractivity contribution in [3.63, 3.8) is 0 Å². The Hall–Kier alpha value is -5.92. The number of ether oxygens (including phenoxy) is 4. The van der Waals surface area contributed by atoms with Crippen molar-refractivity contribution in [1.29, 1.82) is 5.26 Å². The molecule has 0 aliphatic carbocycles. The van der Waals surface area contributed by atoms with Gasteiger partial charge >= 0.3 is 5.97 Å². The predicted octanol–water partition coefficient (Wildman–Crippen LogP) is 5.11. The van der Waals surface area contributed by atoms with Crippen LogP contribution in [0.25, 0.3) is 11.8 Å². The van der Waals surface area contributed by atoms with Gasteiger partial charge in [-0.3, -0.25) is 9.36 Å². The van der Waals surface area contributed by atoms with Crippen LogP contribution in [-0.4, -0.2) is 23.9 Å². The van der Waals surface area contributed by atoms with E-state index in [0.717, 1.165) is 11.1 Å². The van der Waals surface area contributed by atoms with Crippen LogP contribution in [0.1, 0.15) is 40.8 Å². The SMILES string of the molecule is CCOC(=O)C1=C(c2ccccc2)N=c2s/c(=C\c3ccccc3OCc3ccccc3C#N)c(=O)n2[C@H]1c1ccc2c(c1)OCO2. The maximum absolute atomic E-state index is 14.4. The van der Waals surface area contributed by atoms with Crippen LogP contribution >= 0.6 is 11.3 Å². The van der Waals surface area contributed by atoms with Gasteiger partial charge in [0.15, 0.2) is 16.3 Å². The molecule has 10 heteroatoms. The number of hydrogen-bond acceptors (Lipinski definition) is 9. The summed E-state index contributed by atoms with van der Waals surface area (Å²) in [7, 11) is 0. The number of fused-ring (bicyclic) bond motifs is 2. The zero-order valence-electron chi connectivity index (χ0n) is 25.2. The highest BCUT2D eigenvalue weighted by Crippen LogP contribution is 2.40. The van der Waals surface area contributed by atoms with Crippen LogP contribution in [0.2, 0.25) is 0 Å². The summed E-state index contributed by atoms with van der Waals surface area (Å²) in [6.45, 7) is 2.16. The summed E-state index contributed by atoms with van der Waals surface area (Å²) in [5.74, 6) is 1.09. The molecular weight excluding hydrogens is 614 g/mol. The van der Waals surface area contributed by atoms with Crippen LogP contribution in [0.5, 0.6) is 17.2 Å². The first-order valence-electron chi connectivity index (χ1n) is 14.9. The molecule has 2 aliphatic rings. The Morgan fingerprint density at radius 1 is 1.02 bits per heavy atom. The minimum atomic E-state index is -0.855. The smallest absolute Gasteiger partial charge is 0.338 e. The van der Waals surface area contributed by atoms with Crippen molar-refractivity contribution in [2.45, 2.75) is 19.6 Å². The molecule has 232 valence electrons. The summed E-state index contributed by atoms with van der Waals surface area (Å²) in [5, 5.41) is 9.50. The van der Waals surface area contributed by atoms with Crippen LogP contribution in [0.3, 0.4) is 0 Å². The molecule has 0 bridgehead atoms. The Labute approximate surface area is 273 Å². The molecule has 0 fully saturated rings. The lowest BCUT2D eigenvalue weighted by Crippen LogP contribution is -2.40. The topological polar surface area (TPSA) is 112 Å². The van der Waals surface area contributed by atoms with E-state index in [4.69, 9.17) is 23.9 Å². The summed E-state index contributed by atoms with van der Waals surface area (Å²) < 4.78 is 24.9. The van der Waals surface area contributed by atoms with Crippen molar-refractivity contribution in [3.8, 4) is 23.3 Å². The van der Waals surface area contributed by atoms with Gasteiger partial charge in [0.1, 0.15) is 12.4 Å². The number of aromatic nitrogens is 1. The molecule has 0 radical (unpaired) electrons. The lowest BCUT2D eigenvalue weighted by molar-refractivity contribution is -0.138. The fourth-order valence-corrected chi connectivity index (χ4v) is 6.61. The fraction of sp³-hybridized carbons (Fsp3) is 0.135. The molecule has 0 spiro atoms. The van der Waals surface area contributed by atoms with E-state index >= 15 is 0 Å². The Balaban J connectivity index is 1.39. The minimum Gasteiger partial charge on any atom is -0.488 e. The van der Waals surface area contributed by atoms with Crippen LogP contribution in [0.4, 0.5) is 0 Å². The van der Waals surface area contributed by atoms with E-state index in [1.807, 2.05) is 78.9 Å². The molecule has 7 rings (SSSR count). The highest BCUT2D eigenvalue weighted by molar-refractivity contribution is 7.07. The van der Waals surface area contributed by atoms with Gasteiger partial charge in [0.25, 0.3) is 5.56 Å². The van der Waals surface area contributed by atoms with Gasteiger partial charge in [0, 0.05) is 16.7 Å². The van der Waals surface area contributed by atoms with Gasteiger partial charge in [0.05, 0.1) is 40.1 Å². The second-order valence-electron chi connectivity index (χ2n) is 10.6. The van der Waals surface area contributed by atoms with Crippen molar-refractivity contribution < 1.29 is 23.7 Å². The molecule has 5 aromatic rings. The second kappa shape index (κ2) is 12.8. The fourth-order valence-electron chi connectivity index (χ4n) is 5.62. The zero-order valence-corrected chi connectivity index (χ0v) is 26.0. The number of carbonyl (C=O) groups is 1. The van der Waals surface area contributed by atoms with E-state index < -0.39 is 12.0 Å². The maximum atomic E-state index is 14.4. The van der Waals surface area contributed by atoms with Crippen LogP contribution < -0.4 is 29.1 Å². The Bertz CT molecular complexity index is 2270. The third-order valence-corrected chi connectivity index (χ3v) is 8.80. The molecule has 9 nitrogen and oxygen atoms in total. The second-order valence-corrected chi connectivity index (χ2v) is 11.6. The first kappa shape index (κ1) is 29.8. The van der Waals surface area contributed by atoms with Crippen molar-refractivity contribution in [3.05, 3.63) is 150 Å². The number of nitriles is 1. The molecule has 1 atom stereocenters. The van der Waals surface area contributed by atoms with Crippen LogP contribution in [0, 0.1) is 11.3 Å². The molecule has 1 aromatic heterocycles. The van der Waals surface area contributed by atoms with Crippen molar-refractivity contribution in [2.75, 3.05) is 13.4 Å². The van der Waals surface area contributed by atoms with Gasteiger partial charge in [-0.1, -0.05) is 84.1 Å². The van der Waals surface area contributed by atoms with Crippen molar-refractivity contribution in [1.82, 2.24) is 4.57 Å². The summed E-state index contributed by atoms with van der Waals surface area (Å²) in [5.41, 5.74) is 3.69.